The van der Waals surface area contributed by atoms with Crippen molar-refractivity contribution < 1.29 is 9.18 Å². The lowest BCUT2D eigenvalue weighted by atomic mass is 10.0. The number of aromatic nitrogens is 2. The van der Waals surface area contributed by atoms with Gasteiger partial charge >= 0.3 is 0 Å². The van der Waals surface area contributed by atoms with E-state index < -0.39 is 0 Å². The van der Waals surface area contributed by atoms with Crippen LogP contribution in [0.5, 0.6) is 0 Å². The molecule has 30 heavy (non-hydrogen) atoms. The Labute approximate surface area is 184 Å². The van der Waals surface area contributed by atoms with E-state index in [-0.39, 0.29) is 23.0 Å². The SMILES string of the molecule is CCC1CCCCN1C(=O)CSc1nc2c(c(=O)n1-c1ccc(F)cc1)SC(C)C2. The minimum atomic E-state index is -0.357. The Morgan fingerprint density at radius 2 is 2.07 bits per heavy atom. The Hall–Kier alpha value is -1.80. The van der Waals surface area contributed by atoms with Crippen molar-refractivity contribution in [3.8, 4) is 5.69 Å². The Bertz CT molecular complexity index is 993. The van der Waals surface area contributed by atoms with E-state index in [1.807, 2.05) is 4.90 Å². The lowest BCUT2D eigenvalue weighted by molar-refractivity contribution is -0.132. The summed E-state index contributed by atoms with van der Waals surface area (Å²) in [6.07, 6.45) is 4.97. The summed E-state index contributed by atoms with van der Waals surface area (Å²) in [6, 6.07) is 6.14. The Balaban J connectivity index is 1.64. The Morgan fingerprint density at radius 3 is 2.80 bits per heavy atom. The average Bonchev–Trinajstić information content (AvgIpc) is 3.13. The second-order valence-electron chi connectivity index (χ2n) is 7.85. The van der Waals surface area contributed by atoms with Crippen LogP contribution in [0.4, 0.5) is 4.39 Å². The summed E-state index contributed by atoms with van der Waals surface area (Å²) in [7, 11) is 0. The number of carbonyl (C=O) groups excluding carboxylic acids is 1. The second kappa shape index (κ2) is 9.14. The summed E-state index contributed by atoms with van der Waals surface area (Å²) >= 11 is 2.83. The zero-order valence-electron chi connectivity index (χ0n) is 17.3. The summed E-state index contributed by atoms with van der Waals surface area (Å²) in [5.41, 5.74) is 1.23. The van der Waals surface area contributed by atoms with Gasteiger partial charge in [-0.1, -0.05) is 25.6 Å². The first-order valence-electron chi connectivity index (χ1n) is 10.5. The molecule has 0 bridgehead atoms. The fraction of sp³-hybridized carbons (Fsp3) is 0.500. The Kier molecular flexibility index (Phi) is 6.53. The van der Waals surface area contributed by atoms with Crippen LogP contribution in [0.2, 0.25) is 0 Å². The maximum Gasteiger partial charge on any atom is 0.272 e. The lowest BCUT2D eigenvalue weighted by Crippen LogP contribution is -2.44. The molecule has 2 aliphatic heterocycles. The van der Waals surface area contributed by atoms with E-state index in [4.69, 9.17) is 4.98 Å². The van der Waals surface area contributed by atoms with Gasteiger partial charge in [0.15, 0.2) is 5.16 Å². The number of thioether (sulfide) groups is 2. The molecule has 2 aromatic rings. The number of halogens is 1. The molecule has 2 aliphatic rings. The Morgan fingerprint density at radius 1 is 1.30 bits per heavy atom. The molecular formula is C22H26FN3O2S2. The first-order valence-corrected chi connectivity index (χ1v) is 12.3. The van der Waals surface area contributed by atoms with Gasteiger partial charge in [-0.05, 0) is 49.9 Å². The van der Waals surface area contributed by atoms with Crippen molar-refractivity contribution in [2.45, 2.75) is 67.3 Å². The molecule has 0 saturated carbocycles. The summed E-state index contributed by atoms with van der Waals surface area (Å²) in [4.78, 5) is 33.6. The van der Waals surface area contributed by atoms with Gasteiger partial charge in [-0.25, -0.2) is 9.37 Å². The largest absolute Gasteiger partial charge is 0.339 e. The lowest BCUT2D eigenvalue weighted by Gasteiger charge is -2.35. The molecule has 1 saturated heterocycles. The number of likely N-dealkylation sites (tertiary alicyclic amines) is 1. The highest BCUT2D eigenvalue weighted by Gasteiger charge is 2.29. The van der Waals surface area contributed by atoms with Crippen molar-refractivity contribution in [1.82, 2.24) is 14.5 Å². The topological polar surface area (TPSA) is 55.2 Å². The van der Waals surface area contributed by atoms with E-state index in [1.54, 1.807) is 12.1 Å². The predicted octanol–water partition coefficient (Wildman–Crippen LogP) is 4.29. The number of carbonyl (C=O) groups is 1. The maximum atomic E-state index is 13.4. The van der Waals surface area contributed by atoms with Crippen LogP contribution in [0.15, 0.2) is 39.1 Å². The number of rotatable bonds is 5. The van der Waals surface area contributed by atoms with Crippen LogP contribution in [0.25, 0.3) is 5.69 Å². The number of benzene rings is 1. The van der Waals surface area contributed by atoms with Crippen molar-refractivity contribution in [2.24, 2.45) is 0 Å². The number of nitrogens with zero attached hydrogens (tertiary/aromatic N) is 3. The molecule has 5 nitrogen and oxygen atoms in total. The average molecular weight is 448 g/mol. The molecule has 1 amide bonds. The smallest absolute Gasteiger partial charge is 0.272 e. The molecular weight excluding hydrogens is 421 g/mol. The van der Waals surface area contributed by atoms with Crippen LogP contribution in [0, 0.1) is 5.82 Å². The van der Waals surface area contributed by atoms with Crippen LogP contribution in [-0.4, -0.2) is 43.9 Å². The van der Waals surface area contributed by atoms with E-state index in [2.05, 4.69) is 13.8 Å². The minimum Gasteiger partial charge on any atom is -0.339 e. The van der Waals surface area contributed by atoms with Crippen LogP contribution < -0.4 is 5.56 Å². The molecule has 2 unspecified atom stereocenters. The van der Waals surface area contributed by atoms with Gasteiger partial charge < -0.3 is 4.90 Å². The molecule has 0 N–H and O–H groups in total. The number of hydrogen-bond acceptors (Lipinski definition) is 5. The summed E-state index contributed by atoms with van der Waals surface area (Å²) in [5.74, 6) is -0.0234. The van der Waals surface area contributed by atoms with E-state index in [0.29, 0.717) is 27.0 Å². The van der Waals surface area contributed by atoms with Crippen molar-refractivity contribution >= 4 is 29.4 Å². The van der Waals surface area contributed by atoms with Crippen LogP contribution in [0.1, 0.15) is 45.2 Å². The molecule has 1 aromatic heterocycles. The number of fused-ring (bicyclic) bond motifs is 1. The zero-order chi connectivity index (χ0) is 21.3. The molecule has 8 heteroatoms. The minimum absolute atomic E-state index is 0.0923. The third kappa shape index (κ3) is 4.30. The van der Waals surface area contributed by atoms with Gasteiger partial charge in [0.25, 0.3) is 5.56 Å². The van der Waals surface area contributed by atoms with Crippen molar-refractivity contribution in [1.29, 1.82) is 0 Å². The molecule has 0 aliphatic carbocycles. The zero-order valence-corrected chi connectivity index (χ0v) is 18.9. The normalized spacial score (nSPS) is 21.0. The third-order valence-electron chi connectivity index (χ3n) is 5.71. The highest BCUT2D eigenvalue weighted by molar-refractivity contribution is 8.00. The van der Waals surface area contributed by atoms with Gasteiger partial charge in [0.1, 0.15) is 5.82 Å². The van der Waals surface area contributed by atoms with Gasteiger partial charge in [-0.15, -0.1) is 11.8 Å². The predicted molar refractivity (Wildman–Crippen MR) is 119 cm³/mol. The fourth-order valence-corrected chi connectivity index (χ4v) is 6.19. The van der Waals surface area contributed by atoms with Crippen molar-refractivity contribution in [3.05, 3.63) is 46.1 Å². The highest BCUT2D eigenvalue weighted by Crippen LogP contribution is 2.35. The first kappa shape index (κ1) is 21.4. The maximum absolute atomic E-state index is 13.4. The van der Waals surface area contributed by atoms with E-state index >= 15 is 0 Å². The van der Waals surface area contributed by atoms with Crippen molar-refractivity contribution in [3.63, 3.8) is 0 Å². The van der Waals surface area contributed by atoms with Crippen LogP contribution in [0.3, 0.4) is 0 Å². The second-order valence-corrected chi connectivity index (χ2v) is 10.2. The molecule has 0 spiro atoms. The molecule has 2 atom stereocenters. The summed E-state index contributed by atoms with van der Waals surface area (Å²) < 4.78 is 15.0. The number of hydrogen-bond donors (Lipinski definition) is 0. The first-order chi connectivity index (χ1) is 14.5. The molecule has 1 aromatic carbocycles. The third-order valence-corrected chi connectivity index (χ3v) is 7.85. The molecule has 4 rings (SSSR count). The molecule has 3 heterocycles. The van der Waals surface area contributed by atoms with Gasteiger partial charge in [-0.3, -0.25) is 14.2 Å². The van der Waals surface area contributed by atoms with Crippen LogP contribution in [-0.2, 0) is 11.2 Å². The van der Waals surface area contributed by atoms with Gasteiger partial charge in [0.05, 0.1) is 22.0 Å². The van der Waals surface area contributed by atoms with Gasteiger partial charge in [-0.2, -0.15) is 0 Å². The van der Waals surface area contributed by atoms with E-state index in [9.17, 15) is 14.0 Å². The fourth-order valence-electron chi connectivity index (χ4n) is 4.18. The number of amides is 1. The molecule has 160 valence electrons. The quantitative estimate of drug-likeness (QED) is 0.506. The number of piperidine rings is 1. The summed E-state index contributed by atoms with van der Waals surface area (Å²) in [6.45, 7) is 5.00. The van der Waals surface area contributed by atoms with Crippen LogP contribution >= 0.6 is 23.5 Å². The summed E-state index contributed by atoms with van der Waals surface area (Å²) in [5, 5.41) is 0.792. The highest BCUT2D eigenvalue weighted by atomic mass is 32.2. The van der Waals surface area contributed by atoms with E-state index in [0.717, 1.165) is 37.9 Å². The molecule has 1 fully saturated rings. The van der Waals surface area contributed by atoms with Crippen molar-refractivity contribution in [2.75, 3.05) is 12.3 Å². The van der Waals surface area contributed by atoms with Gasteiger partial charge in [0.2, 0.25) is 5.91 Å². The van der Waals surface area contributed by atoms with E-state index in [1.165, 1.54) is 46.6 Å². The van der Waals surface area contributed by atoms with Gasteiger partial charge in [0, 0.05) is 24.3 Å². The molecule has 0 radical (unpaired) electrons. The monoisotopic (exact) mass is 447 g/mol. The standard InChI is InChI=1S/C22H26FN3O2S2/c1-3-16-6-4-5-11-25(16)19(27)13-29-22-24-18-12-14(2)30-20(18)21(28)26(22)17-9-7-15(23)8-10-17/h7-10,14,16H,3-6,11-13H2,1-2H3.